The van der Waals surface area contributed by atoms with Crippen LogP contribution in [0.1, 0.15) is 30.8 Å². The molecule has 0 aliphatic rings. The number of pyridine rings is 1. The monoisotopic (exact) mass is 386 g/mol. The van der Waals surface area contributed by atoms with Crippen LogP contribution in [0.2, 0.25) is 10.0 Å². The predicted molar refractivity (Wildman–Crippen MR) is 95.8 cm³/mol. The highest BCUT2D eigenvalue weighted by Crippen LogP contribution is 2.36. The van der Waals surface area contributed by atoms with Crippen LogP contribution in [0.3, 0.4) is 0 Å². The van der Waals surface area contributed by atoms with E-state index in [4.69, 9.17) is 38.4 Å². The number of hydrogen-bond acceptors (Lipinski definition) is 5. The molecule has 1 atom stereocenters. The quantitative estimate of drug-likeness (QED) is 0.750. The summed E-state index contributed by atoms with van der Waals surface area (Å²) in [6.45, 7) is 3.61. The van der Waals surface area contributed by atoms with Gasteiger partial charge in [-0.2, -0.15) is 0 Å². The Kier molecular flexibility index (Phi) is 6.08. The zero-order chi connectivity index (χ0) is 18.7. The Bertz CT molecular complexity index is 815. The number of methoxy groups -OCH3 is 1. The van der Waals surface area contributed by atoms with Crippen LogP contribution in [-0.2, 0) is 4.74 Å². The van der Waals surface area contributed by atoms with Crippen molar-refractivity contribution in [3.63, 3.8) is 0 Å². The largest absolute Gasteiger partial charge is 0.492 e. The molecule has 0 fully saturated rings. The first-order valence-electron chi connectivity index (χ1n) is 7.49. The number of nitrogens with zero attached hydrogens (tertiary/aromatic N) is 1. The van der Waals surface area contributed by atoms with Crippen LogP contribution in [0.5, 0.6) is 5.75 Å². The predicted octanol–water partition coefficient (Wildman–Crippen LogP) is 4.74. The number of nitrogens with two attached hydrogens (primary N) is 1. The first-order chi connectivity index (χ1) is 11.8. The van der Waals surface area contributed by atoms with E-state index in [-0.39, 0.29) is 44.5 Å². The second-order valence-corrected chi connectivity index (χ2v) is 6.11. The van der Waals surface area contributed by atoms with E-state index in [1.165, 1.54) is 25.3 Å². The van der Waals surface area contributed by atoms with E-state index in [0.717, 1.165) is 0 Å². The zero-order valence-electron chi connectivity index (χ0n) is 13.9. The van der Waals surface area contributed by atoms with Gasteiger partial charge in [0.25, 0.3) is 0 Å². The molecule has 1 aromatic carbocycles. The number of carbonyl (C=O) groups is 1. The fourth-order valence-electron chi connectivity index (χ4n) is 2.06. The van der Waals surface area contributed by atoms with Crippen molar-refractivity contribution in [1.29, 1.82) is 0 Å². The first-order valence-corrected chi connectivity index (χ1v) is 8.25. The van der Waals surface area contributed by atoms with Gasteiger partial charge in [-0.25, -0.2) is 14.2 Å². The molecule has 2 N–H and O–H groups in total. The minimum Gasteiger partial charge on any atom is -0.492 e. The van der Waals surface area contributed by atoms with Gasteiger partial charge in [0.15, 0.2) is 17.3 Å². The molecule has 1 heterocycles. The molecule has 8 heteroatoms. The summed E-state index contributed by atoms with van der Waals surface area (Å²) in [6.07, 6.45) is 0.310. The van der Waals surface area contributed by atoms with Gasteiger partial charge in [0, 0.05) is 5.56 Å². The second kappa shape index (κ2) is 7.89. The van der Waals surface area contributed by atoms with Gasteiger partial charge in [-0.1, -0.05) is 30.1 Å². The number of ether oxygens (including phenoxy) is 2. The Hall–Kier alpha value is -2.05. The lowest BCUT2D eigenvalue weighted by Crippen LogP contribution is -2.16. The number of benzene rings is 1. The minimum atomic E-state index is -0.728. The van der Waals surface area contributed by atoms with Gasteiger partial charge in [-0.05, 0) is 31.5 Å². The van der Waals surface area contributed by atoms with Crippen molar-refractivity contribution in [2.75, 3.05) is 12.8 Å². The Labute approximate surface area is 154 Å². The van der Waals surface area contributed by atoms with E-state index in [1.54, 1.807) is 6.92 Å². The third-order valence-corrected chi connectivity index (χ3v) is 4.29. The third kappa shape index (κ3) is 3.96. The number of anilines is 1. The van der Waals surface area contributed by atoms with E-state index in [9.17, 15) is 9.18 Å². The Morgan fingerprint density at radius 1 is 1.40 bits per heavy atom. The van der Waals surface area contributed by atoms with Crippen LogP contribution >= 0.6 is 23.2 Å². The molecule has 0 radical (unpaired) electrons. The summed E-state index contributed by atoms with van der Waals surface area (Å²) in [5.74, 6) is -1.57. The van der Waals surface area contributed by atoms with Crippen LogP contribution in [0.4, 0.5) is 10.1 Å². The standard InChI is InChI=1S/C17H17Cl2FN2O3/c1-4-8(2)25-17(23)15-13(19)11(21)7-12(22-15)9-5-6-10(18)16(24-3)14(9)20/h5-8H,4H2,1-3H3,(H2,21,22). The number of esters is 1. The number of hydrogen-bond donors (Lipinski definition) is 1. The van der Waals surface area contributed by atoms with Gasteiger partial charge < -0.3 is 15.2 Å². The van der Waals surface area contributed by atoms with E-state index in [0.29, 0.717) is 6.42 Å². The van der Waals surface area contributed by atoms with E-state index in [1.807, 2.05) is 6.92 Å². The summed E-state index contributed by atoms with van der Waals surface area (Å²) in [5.41, 5.74) is 5.94. The summed E-state index contributed by atoms with van der Waals surface area (Å²) in [4.78, 5) is 16.4. The highest BCUT2D eigenvalue weighted by Gasteiger charge is 2.22. The molecule has 0 aliphatic heterocycles. The van der Waals surface area contributed by atoms with Crippen molar-refractivity contribution in [2.45, 2.75) is 26.4 Å². The van der Waals surface area contributed by atoms with Gasteiger partial charge in [-0.15, -0.1) is 0 Å². The van der Waals surface area contributed by atoms with Crippen molar-refractivity contribution >= 4 is 34.9 Å². The lowest BCUT2D eigenvalue weighted by Gasteiger charge is -2.14. The molecule has 0 saturated carbocycles. The highest BCUT2D eigenvalue weighted by atomic mass is 35.5. The summed E-state index contributed by atoms with van der Waals surface area (Å²) >= 11 is 12.0. The molecule has 0 spiro atoms. The molecule has 2 aromatic rings. The first kappa shape index (κ1) is 19.3. The number of carbonyl (C=O) groups excluding carboxylic acids is 1. The second-order valence-electron chi connectivity index (χ2n) is 5.33. The fourth-order valence-corrected chi connectivity index (χ4v) is 2.46. The molecular weight excluding hydrogens is 370 g/mol. The number of halogens is 3. The molecule has 0 saturated heterocycles. The Morgan fingerprint density at radius 3 is 2.68 bits per heavy atom. The van der Waals surface area contributed by atoms with Crippen LogP contribution in [0, 0.1) is 5.82 Å². The maximum Gasteiger partial charge on any atom is 0.358 e. The van der Waals surface area contributed by atoms with Crippen molar-refractivity contribution in [3.05, 3.63) is 39.8 Å². The molecule has 1 unspecified atom stereocenters. The Balaban J connectivity index is 2.56. The SMILES string of the molecule is CCC(C)OC(=O)c1nc(-c2ccc(Cl)c(OC)c2F)cc(N)c1Cl. The smallest absolute Gasteiger partial charge is 0.358 e. The lowest BCUT2D eigenvalue weighted by atomic mass is 10.1. The molecular formula is C17H17Cl2FN2O3. The Morgan fingerprint density at radius 2 is 2.08 bits per heavy atom. The molecule has 0 aliphatic carbocycles. The lowest BCUT2D eigenvalue weighted by molar-refractivity contribution is 0.0328. The normalized spacial score (nSPS) is 11.9. The molecule has 5 nitrogen and oxygen atoms in total. The van der Waals surface area contributed by atoms with E-state index < -0.39 is 11.8 Å². The summed E-state index contributed by atoms with van der Waals surface area (Å²) in [7, 11) is 1.30. The molecule has 2 rings (SSSR count). The van der Waals surface area contributed by atoms with Gasteiger partial charge in [0.05, 0.1) is 34.6 Å². The van der Waals surface area contributed by atoms with Gasteiger partial charge in [0.1, 0.15) is 0 Å². The highest BCUT2D eigenvalue weighted by molar-refractivity contribution is 6.35. The summed E-state index contributed by atoms with van der Waals surface area (Å²) in [5, 5.41) is 0.0699. The summed E-state index contributed by atoms with van der Waals surface area (Å²) < 4.78 is 24.8. The van der Waals surface area contributed by atoms with Crippen LogP contribution in [-0.4, -0.2) is 24.2 Å². The van der Waals surface area contributed by atoms with Gasteiger partial charge in [-0.3, -0.25) is 0 Å². The molecule has 0 amide bonds. The third-order valence-electron chi connectivity index (χ3n) is 3.59. The molecule has 1 aromatic heterocycles. The molecule has 25 heavy (non-hydrogen) atoms. The van der Waals surface area contributed by atoms with Crippen molar-refractivity contribution in [1.82, 2.24) is 4.98 Å². The summed E-state index contributed by atoms with van der Waals surface area (Å²) in [6, 6.07) is 4.25. The van der Waals surface area contributed by atoms with Gasteiger partial charge >= 0.3 is 5.97 Å². The van der Waals surface area contributed by atoms with E-state index in [2.05, 4.69) is 4.98 Å². The van der Waals surface area contributed by atoms with Crippen molar-refractivity contribution in [2.24, 2.45) is 0 Å². The van der Waals surface area contributed by atoms with Crippen molar-refractivity contribution < 1.29 is 18.7 Å². The maximum absolute atomic E-state index is 14.6. The number of aromatic nitrogens is 1. The van der Waals surface area contributed by atoms with Crippen molar-refractivity contribution in [3.8, 4) is 17.0 Å². The average molecular weight is 387 g/mol. The minimum absolute atomic E-state index is 0.0432. The maximum atomic E-state index is 14.6. The molecule has 134 valence electrons. The van der Waals surface area contributed by atoms with Crippen LogP contribution in [0.15, 0.2) is 18.2 Å². The van der Waals surface area contributed by atoms with E-state index >= 15 is 0 Å². The van der Waals surface area contributed by atoms with Gasteiger partial charge in [0.2, 0.25) is 0 Å². The van der Waals surface area contributed by atoms with Crippen LogP contribution < -0.4 is 10.5 Å². The average Bonchev–Trinajstić information content (AvgIpc) is 2.57. The number of nitrogen functional groups attached to an aromatic ring is 1. The zero-order valence-corrected chi connectivity index (χ0v) is 15.4. The topological polar surface area (TPSA) is 74.4 Å². The number of rotatable bonds is 5. The molecule has 0 bridgehead atoms. The van der Waals surface area contributed by atoms with Crippen LogP contribution in [0.25, 0.3) is 11.3 Å². The fraction of sp³-hybridized carbons (Fsp3) is 0.294.